The molecular formula is C4H9NNa2O4S2. The summed E-state index contributed by atoms with van der Waals surface area (Å²) in [6.45, 7) is 1.23. The molecule has 0 saturated heterocycles. The van der Waals surface area contributed by atoms with Crippen molar-refractivity contribution in [2.45, 2.75) is 13.0 Å². The van der Waals surface area contributed by atoms with Gasteiger partial charge in [0, 0.05) is 0 Å². The van der Waals surface area contributed by atoms with Gasteiger partial charge in [-0.05, 0) is 32.6 Å². The molecule has 0 aliphatic rings. The number of carboxylic acids is 1. The first kappa shape index (κ1) is 19.9. The van der Waals surface area contributed by atoms with E-state index in [4.69, 9.17) is 5.11 Å². The van der Waals surface area contributed by atoms with Crippen LogP contribution in [0.2, 0.25) is 0 Å². The maximum absolute atomic E-state index is 10.5. The summed E-state index contributed by atoms with van der Waals surface area (Å²) in [4.78, 5) is 20.7. The van der Waals surface area contributed by atoms with Gasteiger partial charge < -0.3 is 12.7 Å². The SMILES string of the molecule is CC(OC(=O)N(S)S)C(=O)O.[H-].[H-].[Na+].[Na+]. The van der Waals surface area contributed by atoms with Crippen molar-refractivity contribution in [3.63, 3.8) is 0 Å². The van der Waals surface area contributed by atoms with Gasteiger partial charge >= 0.3 is 71.2 Å². The van der Waals surface area contributed by atoms with Crippen LogP contribution < -0.4 is 59.1 Å². The van der Waals surface area contributed by atoms with Crippen LogP contribution in [0.1, 0.15) is 9.78 Å². The predicted octanol–water partition coefficient (Wildman–Crippen LogP) is -5.18. The smallest absolute Gasteiger partial charge is 1.00 e. The molecule has 68 valence electrons. The van der Waals surface area contributed by atoms with Crippen molar-refractivity contribution >= 4 is 37.7 Å². The number of carboxylic acid groups (broad SMARTS) is 1. The molecule has 0 fully saturated rings. The fourth-order valence-corrected chi connectivity index (χ4v) is 0.343. The number of thiol groups is 2. The Kier molecular flexibility index (Phi) is 15.3. The summed E-state index contributed by atoms with van der Waals surface area (Å²) >= 11 is 6.93. The molecule has 0 spiro atoms. The van der Waals surface area contributed by atoms with Gasteiger partial charge in [-0.1, -0.05) is 0 Å². The minimum Gasteiger partial charge on any atom is -1.00 e. The van der Waals surface area contributed by atoms with E-state index in [-0.39, 0.29) is 62.0 Å². The van der Waals surface area contributed by atoms with Crippen LogP contribution in [0.15, 0.2) is 0 Å². The molecule has 0 aliphatic carbocycles. The average molecular weight is 245 g/mol. The molecule has 0 radical (unpaired) electrons. The average Bonchev–Trinajstić information content (AvgIpc) is 1.87. The Bertz CT molecular complexity index is 188. The summed E-state index contributed by atoms with van der Waals surface area (Å²) < 4.78 is 4.86. The summed E-state index contributed by atoms with van der Waals surface area (Å²) in [6.07, 6.45) is -2.11. The van der Waals surface area contributed by atoms with E-state index in [1.165, 1.54) is 6.92 Å². The monoisotopic (exact) mass is 245 g/mol. The van der Waals surface area contributed by atoms with E-state index in [1.54, 1.807) is 0 Å². The van der Waals surface area contributed by atoms with Crippen LogP contribution in [0.25, 0.3) is 0 Å². The number of nitrogens with zero attached hydrogens (tertiary/aromatic N) is 1. The number of carbonyl (C=O) groups is 2. The van der Waals surface area contributed by atoms with Gasteiger partial charge in [-0.2, -0.15) is 3.71 Å². The Balaban J connectivity index is -0.0000000833. The molecule has 1 amide bonds. The molecule has 1 N–H and O–H groups in total. The summed E-state index contributed by atoms with van der Waals surface area (Å²) in [5.74, 6) is -1.22. The minimum absolute atomic E-state index is 0. The maximum Gasteiger partial charge on any atom is 1.00 e. The quantitative estimate of drug-likeness (QED) is 0.336. The topological polar surface area (TPSA) is 66.8 Å². The normalized spacial score (nSPS) is 10.1. The van der Waals surface area contributed by atoms with E-state index in [0.29, 0.717) is 3.71 Å². The fourth-order valence-electron chi connectivity index (χ4n) is 0.249. The predicted molar refractivity (Wildman–Crippen MR) is 45.6 cm³/mol. The summed E-state index contributed by atoms with van der Waals surface area (Å²) in [5.41, 5.74) is 0. The molecule has 9 heteroatoms. The summed E-state index contributed by atoms with van der Waals surface area (Å²) in [5, 5.41) is 8.27. The first-order valence-corrected chi connectivity index (χ1v) is 3.36. The van der Waals surface area contributed by atoms with Crippen molar-refractivity contribution in [3.05, 3.63) is 0 Å². The molecule has 0 aromatic carbocycles. The van der Waals surface area contributed by atoms with E-state index in [1.807, 2.05) is 0 Å². The Labute approximate surface area is 134 Å². The number of ether oxygens (including phenoxy) is 1. The number of amides is 1. The molecule has 0 saturated carbocycles. The van der Waals surface area contributed by atoms with Gasteiger partial charge in [0.15, 0.2) is 6.10 Å². The molecule has 0 aromatic heterocycles. The van der Waals surface area contributed by atoms with Crippen LogP contribution >= 0.6 is 25.6 Å². The number of aliphatic carboxylic acids is 1. The zero-order chi connectivity index (χ0) is 9.02. The van der Waals surface area contributed by atoms with E-state index in [0.717, 1.165) is 0 Å². The number of rotatable bonds is 2. The van der Waals surface area contributed by atoms with Gasteiger partial charge in [-0.3, -0.25) is 0 Å². The molecule has 1 unspecified atom stereocenters. The van der Waals surface area contributed by atoms with Gasteiger partial charge in [0.1, 0.15) is 0 Å². The van der Waals surface area contributed by atoms with Gasteiger partial charge in [0.2, 0.25) is 0 Å². The standard InChI is InChI=1S/C4H7NO4S2.2Na.2H/c1-2(3(6)7)9-4(8)5(10)11;;;;/h2,10-11H,1H3,(H,6,7);;;;/q;2*+1;2*-1. The molecular weight excluding hydrogens is 236 g/mol. The molecule has 0 heterocycles. The molecule has 5 nitrogen and oxygen atoms in total. The molecule has 0 aliphatic heterocycles. The van der Waals surface area contributed by atoms with Gasteiger partial charge in [-0.15, -0.1) is 0 Å². The van der Waals surface area contributed by atoms with Crippen LogP contribution in [0.4, 0.5) is 4.79 Å². The third-order valence-electron chi connectivity index (χ3n) is 0.789. The second-order valence-corrected chi connectivity index (χ2v) is 2.77. The van der Waals surface area contributed by atoms with Crippen LogP contribution in [0.3, 0.4) is 0 Å². The maximum atomic E-state index is 10.5. The molecule has 0 bridgehead atoms. The first-order chi connectivity index (χ1) is 4.95. The zero-order valence-corrected chi connectivity index (χ0v) is 13.4. The third kappa shape index (κ3) is 9.74. The van der Waals surface area contributed by atoms with Crippen LogP contribution in [-0.4, -0.2) is 27.0 Å². The van der Waals surface area contributed by atoms with E-state index in [9.17, 15) is 9.59 Å². The number of hydrogen-bond donors (Lipinski definition) is 3. The third-order valence-corrected chi connectivity index (χ3v) is 1.12. The number of hydrogen-bond acceptors (Lipinski definition) is 5. The molecule has 0 aromatic rings. The van der Waals surface area contributed by atoms with Crippen molar-refractivity contribution in [2.24, 2.45) is 0 Å². The Morgan fingerprint density at radius 3 is 2.08 bits per heavy atom. The van der Waals surface area contributed by atoms with E-state index < -0.39 is 18.2 Å². The molecule has 1 atom stereocenters. The van der Waals surface area contributed by atoms with Crippen molar-refractivity contribution in [1.82, 2.24) is 3.71 Å². The first-order valence-electron chi connectivity index (χ1n) is 2.56. The van der Waals surface area contributed by atoms with E-state index >= 15 is 0 Å². The van der Waals surface area contributed by atoms with Gasteiger partial charge in [0.25, 0.3) is 0 Å². The van der Waals surface area contributed by atoms with Crippen molar-refractivity contribution < 1.29 is 81.4 Å². The molecule has 0 rings (SSSR count). The van der Waals surface area contributed by atoms with Crippen LogP contribution in [0, 0.1) is 0 Å². The van der Waals surface area contributed by atoms with Crippen molar-refractivity contribution in [1.29, 1.82) is 0 Å². The Hall–Kier alpha value is 1.44. The minimum atomic E-state index is -1.22. The van der Waals surface area contributed by atoms with Crippen LogP contribution in [-0.2, 0) is 9.53 Å². The van der Waals surface area contributed by atoms with Gasteiger partial charge in [0.05, 0.1) is 0 Å². The van der Waals surface area contributed by atoms with Crippen molar-refractivity contribution in [2.75, 3.05) is 0 Å². The van der Waals surface area contributed by atoms with Crippen LogP contribution in [0.5, 0.6) is 0 Å². The van der Waals surface area contributed by atoms with Crippen molar-refractivity contribution in [3.8, 4) is 0 Å². The summed E-state index contributed by atoms with van der Waals surface area (Å²) in [7, 11) is 0. The largest absolute Gasteiger partial charge is 1.00 e. The fraction of sp³-hybridized carbons (Fsp3) is 0.500. The van der Waals surface area contributed by atoms with Gasteiger partial charge in [-0.25, -0.2) is 9.59 Å². The zero-order valence-electron chi connectivity index (χ0n) is 9.59. The summed E-state index contributed by atoms with van der Waals surface area (Å²) in [6, 6.07) is 0. The Morgan fingerprint density at radius 2 is 1.85 bits per heavy atom. The second-order valence-electron chi connectivity index (χ2n) is 1.65. The Morgan fingerprint density at radius 1 is 1.46 bits per heavy atom. The van der Waals surface area contributed by atoms with E-state index in [2.05, 4.69) is 30.4 Å². The molecule has 13 heavy (non-hydrogen) atoms. The second kappa shape index (κ2) is 9.97. The number of carbonyl (C=O) groups excluding carboxylic acids is 1.